The number of aliphatic carboxylic acids is 1. The highest BCUT2D eigenvalue weighted by atomic mass is 16.6. The minimum absolute atomic E-state index is 0.661. The van der Waals surface area contributed by atoms with E-state index in [1.54, 1.807) is 34.6 Å². The second kappa shape index (κ2) is 7.81. The van der Waals surface area contributed by atoms with Gasteiger partial charge in [0.05, 0.1) is 0 Å². The number of carboxylic acid groups (broad SMARTS) is 1. The maximum atomic E-state index is 11.5. The Labute approximate surface area is 116 Å². The molecule has 0 saturated heterocycles. The van der Waals surface area contributed by atoms with E-state index in [4.69, 9.17) is 9.84 Å². The zero-order valence-electron chi connectivity index (χ0n) is 13.0. The fraction of sp³-hybridized carbons (Fsp3) is 0.714. The zero-order valence-corrected chi connectivity index (χ0v) is 13.0. The van der Waals surface area contributed by atoms with Gasteiger partial charge in [-0.2, -0.15) is 0 Å². The Hall–Kier alpha value is -1.52. The summed E-state index contributed by atoms with van der Waals surface area (Å²) in [5.41, 5.74) is -1.42. The summed E-state index contributed by atoms with van der Waals surface area (Å²) in [5.74, 6) is -1.12. The third kappa shape index (κ3) is 8.24. The second-order valence-electron chi connectivity index (χ2n) is 5.44. The molecule has 112 valence electrons. The van der Waals surface area contributed by atoms with Gasteiger partial charge in [-0.05, 0) is 20.8 Å². The van der Waals surface area contributed by atoms with Crippen molar-refractivity contribution in [1.82, 2.24) is 5.32 Å². The van der Waals surface area contributed by atoms with Gasteiger partial charge in [0, 0.05) is 5.41 Å². The maximum Gasteiger partial charge on any atom is 0.408 e. The van der Waals surface area contributed by atoms with Gasteiger partial charge in [0.1, 0.15) is 11.6 Å². The molecule has 0 fully saturated rings. The van der Waals surface area contributed by atoms with Crippen LogP contribution in [0.4, 0.5) is 4.79 Å². The molecule has 0 aliphatic rings. The molecule has 0 aromatic heterocycles. The van der Waals surface area contributed by atoms with Crippen molar-refractivity contribution in [1.29, 1.82) is 0 Å². The van der Waals surface area contributed by atoms with Crippen LogP contribution in [0, 0.1) is 5.41 Å². The predicted octanol–water partition coefficient (Wildman–Crippen LogP) is 3.20. The fourth-order valence-electron chi connectivity index (χ4n) is 1.11. The maximum absolute atomic E-state index is 11.5. The number of rotatable bonds is 4. The Balaban J connectivity index is 0. The third-order valence-electron chi connectivity index (χ3n) is 2.18. The first-order valence-electron chi connectivity index (χ1n) is 6.35. The lowest BCUT2D eigenvalue weighted by Crippen LogP contribution is -2.50. The normalized spacial score (nSPS) is 12.6. The van der Waals surface area contributed by atoms with Crippen molar-refractivity contribution in [3.05, 3.63) is 12.7 Å². The molecule has 5 heteroatoms. The SMILES string of the molecule is C=CC(C)(C)C(NC(=O)OC(C)(C)C)C(=O)O.CC. The van der Waals surface area contributed by atoms with Gasteiger partial charge in [0.2, 0.25) is 0 Å². The first-order valence-corrected chi connectivity index (χ1v) is 6.35. The number of hydrogen-bond acceptors (Lipinski definition) is 3. The van der Waals surface area contributed by atoms with E-state index in [2.05, 4.69) is 11.9 Å². The molecule has 1 unspecified atom stereocenters. The molecule has 0 heterocycles. The molecule has 0 saturated carbocycles. The smallest absolute Gasteiger partial charge is 0.408 e. The topological polar surface area (TPSA) is 75.6 Å². The predicted molar refractivity (Wildman–Crippen MR) is 76.1 cm³/mol. The molecule has 0 rings (SSSR count). The van der Waals surface area contributed by atoms with Crippen LogP contribution in [0.1, 0.15) is 48.5 Å². The van der Waals surface area contributed by atoms with Gasteiger partial charge < -0.3 is 15.2 Å². The molecular weight excluding hydrogens is 246 g/mol. The Morgan fingerprint density at radius 1 is 1.21 bits per heavy atom. The minimum atomic E-state index is -1.12. The van der Waals surface area contributed by atoms with Crippen LogP contribution < -0.4 is 5.32 Å². The summed E-state index contributed by atoms with van der Waals surface area (Å²) >= 11 is 0. The van der Waals surface area contributed by atoms with Crippen LogP contribution in [0.5, 0.6) is 0 Å². The van der Waals surface area contributed by atoms with Crippen LogP contribution >= 0.6 is 0 Å². The van der Waals surface area contributed by atoms with Gasteiger partial charge in [-0.1, -0.05) is 33.8 Å². The molecule has 0 bridgehead atoms. The van der Waals surface area contributed by atoms with Crippen molar-refractivity contribution < 1.29 is 19.4 Å². The average molecular weight is 273 g/mol. The zero-order chi connectivity index (χ0) is 15.9. The monoisotopic (exact) mass is 273 g/mol. The summed E-state index contributed by atoms with van der Waals surface area (Å²) in [6, 6.07) is -1.07. The molecule has 0 aliphatic carbocycles. The summed E-state index contributed by atoms with van der Waals surface area (Å²) in [4.78, 5) is 22.6. The highest BCUT2D eigenvalue weighted by molar-refractivity contribution is 5.81. The first-order chi connectivity index (χ1) is 8.49. The number of carbonyl (C=O) groups excluding carboxylic acids is 1. The number of alkyl carbamates (subject to hydrolysis) is 1. The van der Waals surface area contributed by atoms with Crippen molar-refractivity contribution in [3.8, 4) is 0 Å². The molecule has 19 heavy (non-hydrogen) atoms. The summed E-state index contributed by atoms with van der Waals surface area (Å²) in [6.45, 7) is 16.0. The number of carboxylic acids is 1. The summed E-state index contributed by atoms with van der Waals surface area (Å²) in [7, 11) is 0. The summed E-state index contributed by atoms with van der Waals surface area (Å²) in [6.07, 6.45) is 0.739. The van der Waals surface area contributed by atoms with E-state index in [-0.39, 0.29) is 0 Å². The van der Waals surface area contributed by atoms with E-state index in [0.717, 1.165) is 0 Å². The van der Waals surface area contributed by atoms with Crippen molar-refractivity contribution in [2.45, 2.75) is 60.1 Å². The molecule has 0 aromatic carbocycles. The molecule has 5 nitrogen and oxygen atoms in total. The van der Waals surface area contributed by atoms with E-state index in [9.17, 15) is 9.59 Å². The van der Waals surface area contributed by atoms with Crippen molar-refractivity contribution in [2.75, 3.05) is 0 Å². The van der Waals surface area contributed by atoms with Crippen LogP contribution in [0.3, 0.4) is 0 Å². The van der Waals surface area contributed by atoms with Gasteiger partial charge in [0.15, 0.2) is 0 Å². The Morgan fingerprint density at radius 2 is 1.63 bits per heavy atom. The van der Waals surface area contributed by atoms with Crippen molar-refractivity contribution in [3.63, 3.8) is 0 Å². The average Bonchev–Trinajstić information content (AvgIpc) is 2.25. The quantitative estimate of drug-likeness (QED) is 0.771. The van der Waals surface area contributed by atoms with Crippen LogP contribution in [-0.4, -0.2) is 28.8 Å². The lowest BCUT2D eigenvalue weighted by Gasteiger charge is -2.29. The number of amides is 1. The minimum Gasteiger partial charge on any atom is -0.480 e. The van der Waals surface area contributed by atoms with Gasteiger partial charge in [0.25, 0.3) is 0 Å². The van der Waals surface area contributed by atoms with E-state index in [1.807, 2.05) is 13.8 Å². The molecule has 0 aromatic rings. The molecule has 1 amide bonds. The molecule has 1 atom stereocenters. The van der Waals surface area contributed by atoms with E-state index in [0.29, 0.717) is 0 Å². The van der Waals surface area contributed by atoms with E-state index in [1.165, 1.54) is 6.08 Å². The fourth-order valence-corrected chi connectivity index (χ4v) is 1.11. The van der Waals surface area contributed by atoms with Gasteiger partial charge in [-0.15, -0.1) is 6.58 Å². The van der Waals surface area contributed by atoms with Crippen LogP contribution in [0.2, 0.25) is 0 Å². The van der Waals surface area contributed by atoms with Crippen LogP contribution in [0.25, 0.3) is 0 Å². The van der Waals surface area contributed by atoms with Gasteiger partial charge in [-0.25, -0.2) is 9.59 Å². The summed E-state index contributed by atoms with van der Waals surface area (Å²) < 4.78 is 5.01. The number of carbonyl (C=O) groups is 2. The lowest BCUT2D eigenvalue weighted by atomic mass is 9.84. The Bertz CT molecular complexity index is 316. The van der Waals surface area contributed by atoms with E-state index < -0.39 is 29.1 Å². The van der Waals surface area contributed by atoms with Crippen molar-refractivity contribution >= 4 is 12.1 Å². The van der Waals surface area contributed by atoms with Crippen molar-refractivity contribution in [2.24, 2.45) is 5.41 Å². The molecule has 0 spiro atoms. The number of nitrogens with one attached hydrogen (secondary N) is 1. The molecule has 2 N–H and O–H groups in total. The second-order valence-corrected chi connectivity index (χ2v) is 5.44. The highest BCUT2D eigenvalue weighted by Gasteiger charge is 2.35. The molecule has 0 aliphatic heterocycles. The highest BCUT2D eigenvalue weighted by Crippen LogP contribution is 2.22. The number of hydrogen-bond donors (Lipinski definition) is 2. The molecule has 0 radical (unpaired) electrons. The Morgan fingerprint density at radius 3 is 1.89 bits per heavy atom. The largest absolute Gasteiger partial charge is 0.480 e. The lowest BCUT2D eigenvalue weighted by molar-refractivity contribution is -0.141. The third-order valence-corrected chi connectivity index (χ3v) is 2.18. The van der Waals surface area contributed by atoms with Crippen LogP contribution in [-0.2, 0) is 9.53 Å². The van der Waals surface area contributed by atoms with E-state index >= 15 is 0 Å². The summed E-state index contributed by atoms with van der Waals surface area (Å²) in [5, 5.41) is 11.4. The Kier molecular flexibility index (Phi) is 8.15. The first kappa shape index (κ1) is 19.8. The van der Waals surface area contributed by atoms with Crippen LogP contribution in [0.15, 0.2) is 12.7 Å². The van der Waals surface area contributed by atoms with Gasteiger partial charge >= 0.3 is 12.1 Å². The molecular formula is C14H27NO4. The van der Waals surface area contributed by atoms with Gasteiger partial charge in [-0.3, -0.25) is 0 Å². The number of ether oxygens (including phenoxy) is 1. The standard InChI is InChI=1S/C12H21NO4.C2H6/c1-7-12(5,6)8(9(14)15)13-10(16)17-11(2,3)4;1-2/h7-8H,1H2,2-6H3,(H,13,16)(H,14,15);1-2H3.